The van der Waals surface area contributed by atoms with Gasteiger partial charge in [0.2, 0.25) is 0 Å². The summed E-state index contributed by atoms with van der Waals surface area (Å²) in [7, 11) is 0. The number of halogens is 3. The first-order valence-corrected chi connectivity index (χ1v) is 7.77. The van der Waals surface area contributed by atoms with Crippen LogP contribution in [0, 0.1) is 5.82 Å². The first-order chi connectivity index (χ1) is 10.9. The van der Waals surface area contributed by atoms with Crippen LogP contribution in [0.25, 0.3) is 0 Å². The Labute approximate surface area is 145 Å². The standard InChI is InChI=1S/C16H12BrClFNO3/c17-13-6-3-11(18)7-10(13)8-14(16(22)23)20-15(21)9-1-4-12(19)5-2-9/h1-7,14H,8H2,(H,20,21)(H,22,23)/t14-/m1/s1. The molecule has 120 valence electrons. The summed E-state index contributed by atoms with van der Waals surface area (Å²) < 4.78 is 13.6. The van der Waals surface area contributed by atoms with Gasteiger partial charge in [0.15, 0.2) is 0 Å². The van der Waals surface area contributed by atoms with E-state index in [0.717, 1.165) is 12.1 Å². The minimum Gasteiger partial charge on any atom is -0.480 e. The van der Waals surface area contributed by atoms with Crippen molar-refractivity contribution < 1.29 is 19.1 Å². The molecule has 0 aliphatic heterocycles. The molecule has 0 saturated heterocycles. The Balaban J connectivity index is 2.15. The summed E-state index contributed by atoms with van der Waals surface area (Å²) in [5.74, 6) is -2.23. The number of amides is 1. The Morgan fingerprint density at radius 1 is 1.22 bits per heavy atom. The second kappa shape index (κ2) is 7.57. The van der Waals surface area contributed by atoms with Crippen molar-refractivity contribution >= 4 is 39.4 Å². The van der Waals surface area contributed by atoms with Crippen LogP contribution in [0.15, 0.2) is 46.9 Å². The maximum atomic E-state index is 12.9. The molecule has 0 radical (unpaired) electrons. The van der Waals surface area contributed by atoms with Crippen LogP contribution in [0.4, 0.5) is 4.39 Å². The van der Waals surface area contributed by atoms with Crippen LogP contribution < -0.4 is 5.32 Å². The zero-order chi connectivity index (χ0) is 17.0. The number of carbonyl (C=O) groups excluding carboxylic acids is 1. The number of nitrogens with one attached hydrogen (secondary N) is 1. The summed E-state index contributed by atoms with van der Waals surface area (Å²) in [6, 6.07) is 8.72. The highest BCUT2D eigenvalue weighted by molar-refractivity contribution is 9.10. The van der Waals surface area contributed by atoms with Gasteiger partial charge < -0.3 is 10.4 Å². The molecule has 1 atom stereocenters. The molecule has 23 heavy (non-hydrogen) atoms. The van der Waals surface area contributed by atoms with Crippen LogP contribution in [-0.2, 0) is 11.2 Å². The van der Waals surface area contributed by atoms with E-state index in [2.05, 4.69) is 21.2 Å². The van der Waals surface area contributed by atoms with E-state index >= 15 is 0 Å². The smallest absolute Gasteiger partial charge is 0.326 e. The van der Waals surface area contributed by atoms with Gasteiger partial charge in [-0.3, -0.25) is 4.79 Å². The van der Waals surface area contributed by atoms with Crippen LogP contribution >= 0.6 is 27.5 Å². The second-order valence-corrected chi connectivity index (χ2v) is 6.10. The van der Waals surface area contributed by atoms with E-state index < -0.39 is 23.7 Å². The van der Waals surface area contributed by atoms with Crippen molar-refractivity contribution in [3.05, 3.63) is 68.9 Å². The van der Waals surface area contributed by atoms with E-state index in [1.165, 1.54) is 12.1 Å². The molecule has 0 aliphatic rings. The zero-order valence-corrected chi connectivity index (χ0v) is 14.1. The highest BCUT2D eigenvalue weighted by atomic mass is 79.9. The van der Waals surface area contributed by atoms with Crippen molar-refractivity contribution in [2.45, 2.75) is 12.5 Å². The van der Waals surface area contributed by atoms with Gasteiger partial charge in [0.25, 0.3) is 5.91 Å². The van der Waals surface area contributed by atoms with Gasteiger partial charge in [0.05, 0.1) is 0 Å². The van der Waals surface area contributed by atoms with E-state index in [9.17, 15) is 19.1 Å². The quantitative estimate of drug-likeness (QED) is 0.805. The van der Waals surface area contributed by atoms with Gasteiger partial charge in [-0.25, -0.2) is 9.18 Å². The molecule has 0 bridgehead atoms. The molecule has 0 aromatic heterocycles. The molecule has 0 fully saturated rings. The lowest BCUT2D eigenvalue weighted by atomic mass is 10.1. The highest BCUT2D eigenvalue weighted by Gasteiger charge is 2.22. The zero-order valence-electron chi connectivity index (χ0n) is 11.7. The fourth-order valence-corrected chi connectivity index (χ4v) is 2.57. The molecule has 1 amide bonds. The van der Waals surface area contributed by atoms with Gasteiger partial charge in [-0.1, -0.05) is 27.5 Å². The molecule has 0 unspecified atom stereocenters. The summed E-state index contributed by atoms with van der Waals surface area (Å²) in [6.45, 7) is 0. The minimum absolute atomic E-state index is 0.0589. The third-order valence-electron chi connectivity index (χ3n) is 3.14. The maximum absolute atomic E-state index is 12.9. The molecule has 2 rings (SSSR count). The van der Waals surface area contributed by atoms with E-state index in [0.29, 0.717) is 15.1 Å². The number of hydrogen-bond acceptors (Lipinski definition) is 2. The van der Waals surface area contributed by atoms with Gasteiger partial charge in [-0.2, -0.15) is 0 Å². The number of carboxylic acids is 1. The average molecular weight is 401 g/mol. The number of carbonyl (C=O) groups is 2. The van der Waals surface area contributed by atoms with Crippen LogP contribution in [0.5, 0.6) is 0 Å². The van der Waals surface area contributed by atoms with Crippen LogP contribution in [0.2, 0.25) is 5.02 Å². The molecular weight excluding hydrogens is 389 g/mol. The molecule has 0 aliphatic carbocycles. The van der Waals surface area contributed by atoms with Crippen molar-refractivity contribution in [1.82, 2.24) is 5.32 Å². The third-order valence-corrected chi connectivity index (χ3v) is 4.15. The fourth-order valence-electron chi connectivity index (χ4n) is 1.96. The second-order valence-electron chi connectivity index (χ2n) is 4.81. The molecule has 0 heterocycles. The number of carboxylic acid groups (broad SMARTS) is 1. The monoisotopic (exact) mass is 399 g/mol. The van der Waals surface area contributed by atoms with E-state index in [1.807, 2.05) is 0 Å². The Hall–Kier alpha value is -1.92. The van der Waals surface area contributed by atoms with Crippen molar-refractivity contribution in [2.75, 3.05) is 0 Å². The van der Waals surface area contributed by atoms with Gasteiger partial charge in [0, 0.05) is 21.5 Å². The number of rotatable bonds is 5. The first-order valence-electron chi connectivity index (χ1n) is 6.60. The summed E-state index contributed by atoms with van der Waals surface area (Å²) in [6.07, 6.45) is 0.0589. The molecular formula is C16H12BrClFNO3. The molecule has 2 aromatic rings. The predicted octanol–water partition coefficient (Wildman–Crippen LogP) is 3.67. The molecule has 7 heteroatoms. The number of aliphatic carboxylic acids is 1. The largest absolute Gasteiger partial charge is 0.480 e. The van der Waals surface area contributed by atoms with Gasteiger partial charge in [0.1, 0.15) is 11.9 Å². The molecule has 0 saturated carbocycles. The fraction of sp³-hybridized carbons (Fsp3) is 0.125. The highest BCUT2D eigenvalue weighted by Crippen LogP contribution is 2.22. The predicted molar refractivity (Wildman–Crippen MR) is 88.1 cm³/mol. The van der Waals surface area contributed by atoms with Crippen molar-refractivity contribution in [3.63, 3.8) is 0 Å². The van der Waals surface area contributed by atoms with Crippen molar-refractivity contribution in [2.24, 2.45) is 0 Å². The minimum atomic E-state index is -1.17. The van der Waals surface area contributed by atoms with Gasteiger partial charge in [-0.15, -0.1) is 0 Å². The first kappa shape index (κ1) is 17.4. The van der Waals surface area contributed by atoms with Crippen LogP contribution in [0.1, 0.15) is 15.9 Å². The Morgan fingerprint density at radius 3 is 2.48 bits per heavy atom. The van der Waals surface area contributed by atoms with E-state index in [1.54, 1.807) is 18.2 Å². The topological polar surface area (TPSA) is 66.4 Å². The average Bonchev–Trinajstić information content (AvgIpc) is 2.50. The number of hydrogen-bond donors (Lipinski definition) is 2. The summed E-state index contributed by atoms with van der Waals surface area (Å²) >= 11 is 9.23. The summed E-state index contributed by atoms with van der Waals surface area (Å²) in [4.78, 5) is 23.5. The molecule has 4 nitrogen and oxygen atoms in total. The SMILES string of the molecule is O=C(N[C@H](Cc1cc(Cl)ccc1Br)C(=O)O)c1ccc(F)cc1. The molecule has 0 spiro atoms. The lowest BCUT2D eigenvalue weighted by molar-refractivity contribution is -0.139. The van der Waals surface area contributed by atoms with Gasteiger partial charge in [-0.05, 0) is 48.0 Å². The van der Waals surface area contributed by atoms with Crippen LogP contribution in [0.3, 0.4) is 0 Å². The lowest BCUT2D eigenvalue weighted by Crippen LogP contribution is -2.42. The van der Waals surface area contributed by atoms with Crippen molar-refractivity contribution in [1.29, 1.82) is 0 Å². The van der Waals surface area contributed by atoms with E-state index in [4.69, 9.17) is 11.6 Å². The molecule has 2 N–H and O–H groups in total. The Morgan fingerprint density at radius 2 is 1.87 bits per heavy atom. The molecule has 2 aromatic carbocycles. The number of benzene rings is 2. The summed E-state index contributed by atoms with van der Waals surface area (Å²) in [5.41, 5.74) is 0.840. The van der Waals surface area contributed by atoms with Crippen molar-refractivity contribution in [3.8, 4) is 0 Å². The summed E-state index contributed by atoms with van der Waals surface area (Å²) in [5, 5.41) is 12.2. The lowest BCUT2D eigenvalue weighted by Gasteiger charge is -2.16. The van der Waals surface area contributed by atoms with Gasteiger partial charge >= 0.3 is 5.97 Å². The van der Waals surface area contributed by atoms with Crippen LogP contribution in [-0.4, -0.2) is 23.0 Å². The Bertz CT molecular complexity index is 737. The Kier molecular flexibility index (Phi) is 5.74. The normalized spacial score (nSPS) is 11.8. The maximum Gasteiger partial charge on any atom is 0.326 e. The van der Waals surface area contributed by atoms with E-state index in [-0.39, 0.29) is 12.0 Å². The third kappa shape index (κ3) is 4.77.